The van der Waals surface area contributed by atoms with Crippen molar-refractivity contribution in [3.8, 4) is 0 Å². The van der Waals surface area contributed by atoms with Crippen LogP contribution in [0.5, 0.6) is 0 Å². The van der Waals surface area contributed by atoms with E-state index >= 15 is 0 Å². The fourth-order valence-electron chi connectivity index (χ4n) is 4.02. The summed E-state index contributed by atoms with van der Waals surface area (Å²) in [5.74, 6) is 2.76. The van der Waals surface area contributed by atoms with Crippen LogP contribution in [0.1, 0.15) is 50.0 Å². The van der Waals surface area contributed by atoms with Gasteiger partial charge in [-0.3, -0.25) is 0 Å². The first-order valence-electron chi connectivity index (χ1n) is 7.47. The summed E-state index contributed by atoms with van der Waals surface area (Å²) in [4.78, 5) is 4.37. The number of aromatic nitrogens is 1. The Morgan fingerprint density at radius 2 is 2.06 bits per heavy atom. The normalized spacial score (nSPS) is 33.9. The Labute approximate surface area is 114 Å². The molecule has 0 radical (unpaired) electrons. The standard InChI is InChI=1S/C15H24N2S/c16-14(10-15-17-7-8-18-15)13-6-5-11-3-1-2-4-12(11)9-13/h7-8,11-14H,1-6,9-10,16H2. The van der Waals surface area contributed by atoms with Gasteiger partial charge in [0.25, 0.3) is 0 Å². The molecule has 3 heteroatoms. The van der Waals surface area contributed by atoms with Crippen LogP contribution < -0.4 is 5.73 Å². The maximum Gasteiger partial charge on any atom is 0.0940 e. The van der Waals surface area contributed by atoms with E-state index in [0.29, 0.717) is 6.04 Å². The highest BCUT2D eigenvalue weighted by Gasteiger charge is 2.34. The number of nitrogens with zero attached hydrogens (tertiary/aromatic N) is 1. The number of thiazole rings is 1. The molecule has 3 rings (SSSR count). The number of hydrogen-bond donors (Lipinski definition) is 1. The van der Waals surface area contributed by atoms with Crippen molar-refractivity contribution in [3.63, 3.8) is 0 Å². The van der Waals surface area contributed by atoms with Gasteiger partial charge in [0.2, 0.25) is 0 Å². The first-order valence-corrected chi connectivity index (χ1v) is 8.35. The van der Waals surface area contributed by atoms with Gasteiger partial charge in [0, 0.05) is 24.0 Å². The summed E-state index contributed by atoms with van der Waals surface area (Å²) < 4.78 is 0. The van der Waals surface area contributed by atoms with Gasteiger partial charge in [-0.15, -0.1) is 11.3 Å². The van der Waals surface area contributed by atoms with Crippen LogP contribution in [0.2, 0.25) is 0 Å². The molecule has 2 N–H and O–H groups in total. The minimum Gasteiger partial charge on any atom is -0.327 e. The second-order valence-corrected chi connectivity index (χ2v) is 7.15. The van der Waals surface area contributed by atoms with Gasteiger partial charge in [0.15, 0.2) is 0 Å². The first-order chi connectivity index (χ1) is 8.83. The maximum atomic E-state index is 6.43. The zero-order chi connectivity index (χ0) is 12.4. The van der Waals surface area contributed by atoms with E-state index in [1.165, 1.54) is 50.0 Å². The summed E-state index contributed by atoms with van der Waals surface area (Å²) in [6.07, 6.45) is 12.9. The molecule has 1 heterocycles. The summed E-state index contributed by atoms with van der Waals surface area (Å²) in [6.45, 7) is 0. The van der Waals surface area contributed by atoms with Crippen LogP contribution in [0.3, 0.4) is 0 Å². The Kier molecular flexibility index (Phi) is 4.00. The average Bonchev–Trinajstić information content (AvgIpc) is 2.91. The molecule has 0 aliphatic heterocycles. The number of rotatable bonds is 3. The second kappa shape index (κ2) is 5.70. The Morgan fingerprint density at radius 1 is 1.22 bits per heavy atom. The zero-order valence-electron chi connectivity index (χ0n) is 11.1. The third kappa shape index (κ3) is 2.77. The van der Waals surface area contributed by atoms with Crippen molar-refractivity contribution >= 4 is 11.3 Å². The highest BCUT2D eigenvalue weighted by Crippen LogP contribution is 2.43. The molecular weight excluding hydrogens is 240 g/mol. The Hall–Kier alpha value is -0.410. The quantitative estimate of drug-likeness (QED) is 0.905. The lowest BCUT2D eigenvalue weighted by Crippen LogP contribution is -2.38. The molecule has 1 aromatic heterocycles. The molecule has 18 heavy (non-hydrogen) atoms. The number of fused-ring (bicyclic) bond motifs is 1. The maximum absolute atomic E-state index is 6.43. The van der Waals surface area contributed by atoms with Gasteiger partial charge in [0.1, 0.15) is 0 Å². The summed E-state index contributed by atoms with van der Waals surface area (Å²) in [7, 11) is 0. The fourth-order valence-corrected chi connectivity index (χ4v) is 4.71. The van der Waals surface area contributed by atoms with Gasteiger partial charge >= 0.3 is 0 Å². The van der Waals surface area contributed by atoms with E-state index in [1.807, 2.05) is 6.20 Å². The fraction of sp³-hybridized carbons (Fsp3) is 0.800. The molecule has 0 bridgehead atoms. The zero-order valence-corrected chi connectivity index (χ0v) is 11.9. The molecule has 2 nitrogen and oxygen atoms in total. The van der Waals surface area contributed by atoms with Crippen molar-refractivity contribution in [2.75, 3.05) is 0 Å². The summed E-state index contributed by atoms with van der Waals surface area (Å²) in [6, 6.07) is 0.332. The van der Waals surface area contributed by atoms with Crippen LogP contribution in [0.4, 0.5) is 0 Å². The van der Waals surface area contributed by atoms with Crippen molar-refractivity contribution in [2.24, 2.45) is 23.5 Å². The van der Waals surface area contributed by atoms with Crippen molar-refractivity contribution in [1.82, 2.24) is 4.98 Å². The highest BCUT2D eigenvalue weighted by molar-refractivity contribution is 7.09. The molecule has 0 spiro atoms. The molecule has 0 amide bonds. The second-order valence-electron chi connectivity index (χ2n) is 6.17. The molecule has 2 saturated carbocycles. The van der Waals surface area contributed by atoms with Crippen LogP contribution in [0.25, 0.3) is 0 Å². The van der Waals surface area contributed by atoms with E-state index in [1.54, 1.807) is 11.3 Å². The van der Waals surface area contributed by atoms with E-state index in [-0.39, 0.29) is 0 Å². The van der Waals surface area contributed by atoms with Gasteiger partial charge in [-0.2, -0.15) is 0 Å². The molecule has 100 valence electrons. The van der Waals surface area contributed by atoms with E-state index < -0.39 is 0 Å². The van der Waals surface area contributed by atoms with Crippen LogP contribution in [0, 0.1) is 17.8 Å². The van der Waals surface area contributed by atoms with Gasteiger partial charge in [0.05, 0.1) is 5.01 Å². The smallest absolute Gasteiger partial charge is 0.0940 e. The molecule has 4 atom stereocenters. The minimum atomic E-state index is 0.332. The van der Waals surface area contributed by atoms with Crippen LogP contribution >= 0.6 is 11.3 Å². The lowest BCUT2D eigenvalue weighted by molar-refractivity contribution is 0.117. The van der Waals surface area contributed by atoms with E-state index in [9.17, 15) is 0 Å². The van der Waals surface area contributed by atoms with Crippen LogP contribution in [-0.4, -0.2) is 11.0 Å². The van der Waals surface area contributed by atoms with Gasteiger partial charge in [-0.05, 0) is 37.0 Å². The topological polar surface area (TPSA) is 38.9 Å². The average molecular weight is 264 g/mol. The van der Waals surface area contributed by atoms with Crippen LogP contribution in [-0.2, 0) is 6.42 Å². The molecule has 2 aliphatic rings. The van der Waals surface area contributed by atoms with E-state index in [0.717, 1.165) is 24.2 Å². The monoisotopic (exact) mass is 264 g/mol. The van der Waals surface area contributed by atoms with Crippen molar-refractivity contribution in [2.45, 2.75) is 57.4 Å². The third-order valence-corrected chi connectivity index (χ3v) is 5.88. The van der Waals surface area contributed by atoms with E-state index in [4.69, 9.17) is 5.73 Å². The van der Waals surface area contributed by atoms with Gasteiger partial charge in [-0.1, -0.05) is 25.7 Å². The molecule has 4 unspecified atom stereocenters. The molecule has 0 saturated heterocycles. The summed E-state index contributed by atoms with van der Waals surface area (Å²) >= 11 is 1.75. The lowest BCUT2D eigenvalue weighted by Gasteiger charge is -2.41. The summed E-state index contributed by atoms with van der Waals surface area (Å²) in [5.41, 5.74) is 6.43. The molecule has 0 aromatic carbocycles. The molecule has 1 aromatic rings. The van der Waals surface area contributed by atoms with Crippen molar-refractivity contribution < 1.29 is 0 Å². The number of nitrogens with two attached hydrogens (primary N) is 1. The molecular formula is C15H24N2S. The predicted molar refractivity (Wildman–Crippen MR) is 76.6 cm³/mol. The van der Waals surface area contributed by atoms with Crippen LogP contribution in [0.15, 0.2) is 11.6 Å². The summed E-state index contributed by atoms with van der Waals surface area (Å²) in [5, 5.41) is 3.27. The molecule has 2 fully saturated rings. The predicted octanol–water partition coefficient (Wildman–Crippen LogP) is 3.62. The Morgan fingerprint density at radius 3 is 2.83 bits per heavy atom. The molecule has 2 aliphatic carbocycles. The van der Waals surface area contributed by atoms with E-state index in [2.05, 4.69) is 10.4 Å². The third-order valence-electron chi connectivity index (χ3n) is 5.08. The minimum absolute atomic E-state index is 0.332. The highest BCUT2D eigenvalue weighted by atomic mass is 32.1. The van der Waals surface area contributed by atoms with Gasteiger partial charge < -0.3 is 5.73 Å². The SMILES string of the molecule is NC(Cc1nccs1)C1CCC2CCCCC2C1. The van der Waals surface area contributed by atoms with Gasteiger partial charge in [-0.25, -0.2) is 4.98 Å². The van der Waals surface area contributed by atoms with Crippen molar-refractivity contribution in [1.29, 1.82) is 0 Å². The largest absolute Gasteiger partial charge is 0.327 e. The Balaban J connectivity index is 1.56. The van der Waals surface area contributed by atoms with Crippen molar-refractivity contribution in [3.05, 3.63) is 16.6 Å². The lowest BCUT2D eigenvalue weighted by atomic mass is 9.66. The Bertz CT molecular complexity index is 363. The number of hydrogen-bond acceptors (Lipinski definition) is 3. The first kappa shape index (κ1) is 12.6.